The van der Waals surface area contributed by atoms with Crippen LogP contribution < -0.4 is 5.32 Å². The van der Waals surface area contributed by atoms with E-state index in [0.29, 0.717) is 12.0 Å². The molecule has 16 nitrogen and oxygen atoms in total. The van der Waals surface area contributed by atoms with Crippen molar-refractivity contribution in [1.82, 2.24) is 5.32 Å². The third kappa shape index (κ3) is 15.2. The topological polar surface area (TPSA) is 229 Å². The van der Waals surface area contributed by atoms with Crippen molar-refractivity contribution in [1.29, 1.82) is 0 Å². The lowest BCUT2D eigenvalue weighted by Gasteiger charge is -2.54. The molecule has 370 valence electrons. The number of carboxylic acids is 1. The molecule has 67 heavy (non-hydrogen) atoms. The van der Waals surface area contributed by atoms with Crippen molar-refractivity contribution in [2.45, 2.75) is 134 Å². The molecule has 1 aromatic rings. The number of esters is 1. The van der Waals surface area contributed by atoms with E-state index in [0.717, 1.165) is 11.6 Å². The molecule has 6 N–H and O–H groups in total. The lowest BCUT2D eigenvalue weighted by Crippen LogP contribution is -2.70. The molecule has 3 heterocycles. The van der Waals surface area contributed by atoms with Crippen LogP contribution in [0.1, 0.15) is 59.9 Å². The van der Waals surface area contributed by atoms with Crippen LogP contribution in [0, 0.1) is 17.3 Å². The molecule has 14 atom stereocenters. The number of aliphatic hydroxyl groups is 4. The number of carbonyl (C=O) groups excluding carboxylic acids is 2. The number of ether oxygens (including phenoxy) is 7. The zero-order chi connectivity index (χ0) is 49.3. The summed E-state index contributed by atoms with van der Waals surface area (Å²) < 4.78 is 41.9. The van der Waals surface area contributed by atoms with Crippen LogP contribution in [0.15, 0.2) is 115 Å². The molecule has 4 rings (SSSR count). The van der Waals surface area contributed by atoms with Crippen LogP contribution >= 0.6 is 0 Å². The number of carbonyl (C=O) groups is 3. The van der Waals surface area contributed by atoms with Gasteiger partial charge in [-0.2, -0.15) is 0 Å². The lowest BCUT2D eigenvalue weighted by molar-refractivity contribution is -0.366. The molecule has 0 spiro atoms. The van der Waals surface area contributed by atoms with E-state index in [2.05, 4.69) is 5.32 Å². The molecule has 0 bridgehead atoms. The molecule has 3 aliphatic rings. The molecule has 0 radical (unpaired) electrons. The van der Waals surface area contributed by atoms with Crippen molar-refractivity contribution in [3.05, 3.63) is 120 Å². The number of nitrogens with one attached hydrogen (secondary N) is 1. The van der Waals surface area contributed by atoms with Crippen LogP contribution in [0.25, 0.3) is 0 Å². The van der Waals surface area contributed by atoms with E-state index in [1.807, 2.05) is 32.9 Å². The number of methoxy groups -OCH3 is 2. The van der Waals surface area contributed by atoms with Crippen LogP contribution in [0.4, 0.5) is 0 Å². The quantitative estimate of drug-likeness (QED) is 0.0537. The van der Waals surface area contributed by atoms with Crippen molar-refractivity contribution >= 4 is 17.8 Å². The Morgan fingerprint density at radius 1 is 0.955 bits per heavy atom. The van der Waals surface area contributed by atoms with Crippen molar-refractivity contribution < 1.29 is 73.1 Å². The Morgan fingerprint density at radius 2 is 1.66 bits per heavy atom. The van der Waals surface area contributed by atoms with Gasteiger partial charge in [-0.3, -0.25) is 9.59 Å². The van der Waals surface area contributed by atoms with Crippen molar-refractivity contribution in [3.8, 4) is 0 Å². The highest BCUT2D eigenvalue weighted by Gasteiger charge is 2.63. The number of carboxylic acid groups (broad SMARTS) is 1. The molecule has 1 aromatic carbocycles. The monoisotopic (exact) mass is 937 g/mol. The van der Waals surface area contributed by atoms with Gasteiger partial charge in [0.15, 0.2) is 6.29 Å². The molecular weight excluding hydrogens is 867 g/mol. The molecule has 0 saturated carbocycles. The highest BCUT2D eigenvalue weighted by atomic mass is 16.7. The average Bonchev–Trinajstić information content (AvgIpc) is 3.66. The Balaban J connectivity index is 1.54. The van der Waals surface area contributed by atoms with Gasteiger partial charge < -0.3 is 64.0 Å². The van der Waals surface area contributed by atoms with Crippen LogP contribution in [0.2, 0.25) is 0 Å². The lowest BCUT2D eigenvalue weighted by atomic mass is 9.71. The maximum atomic E-state index is 14.4. The van der Waals surface area contributed by atoms with E-state index < -0.39 is 103 Å². The minimum atomic E-state index is -2.68. The Morgan fingerprint density at radius 3 is 2.33 bits per heavy atom. The third-order valence-electron chi connectivity index (χ3n) is 12.5. The largest absolute Gasteiger partial charge is 0.478 e. The fraction of sp³-hybridized carbons (Fsp3) is 0.549. The summed E-state index contributed by atoms with van der Waals surface area (Å²) in [6, 6.07) is 8.95. The smallest absolute Gasteiger partial charge is 0.328 e. The van der Waals surface area contributed by atoms with Crippen LogP contribution in [-0.4, -0.2) is 144 Å². The molecule has 0 aliphatic carbocycles. The number of aliphatic carboxylic acids is 1. The summed E-state index contributed by atoms with van der Waals surface area (Å²) in [4.78, 5) is 38.5. The summed E-state index contributed by atoms with van der Waals surface area (Å²) >= 11 is 0. The number of allylic oxidation sites excluding steroid dienone is 9. The van der Waals surface area contributed by atoms with E-state index in [1.54, 1.807) is 113 Å². The number of hydrogen-bond donors (Lipinski definition) is 6. The number of amides is 1. The fourth-order valence-electron chi connectivity index (χ4n) is 8.51. The summed E-state index contributed by atoms with van der Waals surface area (Å²) in [5, 5.41) is 57.5. The molecule has 3 fully saturated rings. The van der Waals surface area contributed by atoms with Gasteiger partial charge in [-0.05, 0) is 31.9 Å². The van der Waals surface area contributed by atoms with Crippen LogP contribution in [0.3, 0.4) is 0 Å². The summed E-state index contributed by atoms with van der Waals surface area (Å²) in [5.74, 6) is -6.91. The number of hydrogen-bond acceptors (Lipinski definition) is 14. The van der Waals surface area contributed by atoms with Crippen molar-refractivity contribution in [2.24, 2.45) is 17.3 Å². The van der Waals surface area contributed by atoms with E-state index in [-0.39, 0.29) is 31.4 Å². The predicted octanol–water partition coefficient (Wildman–Crippen LogP) is 4.43. The van der Waals surface area contributed by atoms with Gasteiger partial charge in [0.05, 0.1) is 49.7 Å². The third-order valence-corrected chi connectivity index (χ3v) is 12.5. The van der Waals surface area contributed by atoms with E-state index in [4.69, 9.17) is 38.3 Å². The summed E-state index contributed by atoms with van der Waals surface area (Å²) in [6.45, 7) is 10.3. The Hall–Kier alpha value is -4.59. The van der Waals surface area contributed by atoms with E-state index in [9.17, 15) is 34.8 Å². The minimum Gasteiger partial charge on any atom is -0.478 e. The second kappa shape index (κ2) is 26.2. The maximum absolute atomic E-state index is 14.4. The maximum Gasteiger partial charge on any atom is 0.328 e. The van der Waals surface area contributed by atoms with Crippen molar-refractivity contribution in [2.75, 3.05) is 27.4 Å². The summed E-state index contributed by atoms with van der Waals surface area (Å²) in [5.41, 5.74) is 0.413. The highest BCUT2D eigenvalue weighted by molar-refractivity contribution is 5.80. The van der Waals surface area contributed by atoms with Crippen molar-refractivity contribution in [3.63, 3.8) is 0 Å². The van der Waals surface area contributed by atoms with Gasteiger partial charge >= 0.3 is 11.9 Å². The first-order valence-corrected chi connectivity index (χ1v) is 22.7. The molecule has 1 amide bonds. The first kappa shape index (κ1) is 55.0. The van der Waals surface area contributed by atoms with Gasteiger partial charge in [0.1, 0.15) is 30.3 Å². The normalized spacial score (nSPS) is 31.9. The van der Waals surface area contributed by atoms with Gasteiger partial charge in [-0.1, -0.05) is 124 Å². The fourth-order valence-corrected chi connectivity index (χ4v) is 8.51. The molecule has 3 saturated heterocycles. The van der Waals surface area contributed by atoms with Gasteiger partial charge in [0.2, 0.25) is 11.7 Å². The van der Waals surface area contributed by atoms with Gasteiger partial charge in [-0.15, -0.1) is 0 Å². The zero-order valence-corrected chi connectivity index (χ0v) is 39.8. The van der Waals surface area contributed by atoms with E-state index >= 15 is 0 Å². The average molecular weight is 938 g/mol. The number of benzene rings is 1. The first-order valence-electron chi connectivity index (χ1n) is 22.7. The molecule has 3 aliphatic heterocycles. The van der Waals surface area contributed by atoms with E-state index in [1.165, 1.54) is 13.2 Å². The molecular formula is C51H71NO15. The zero-order valence-electron chi connectivity index (χ0n) is 39.8. The first-order chi connectivity index (χ1) is 31.9. The molecule has 16 heteroatoms. The van der Waals surface area contributed by atoms with Gasteiger partial charge in [-0.25, -0.2) is 4.79 Å². The second-order valence-corrected chi connectivity index (χ2v) is 17.7. The van der Waals surface area contributed by atoms with Crippen LogP contribution in [0.5, 0.6) is 0 Å². The SMILES string of the molecule is CC=CC=CC1OC(O)(C(COC2CC(OC)C(O)C(C)O2)C(=O)NCC=CC=C(C)C(OC)C(C)C2CC(O)C(C=CC=CC=CC(=O)O)O2)C(O)C(OC(=O)Cc2ccccc2)C1(C)C. The summed E-state index contributed by atoms with van der Waals surface area (Å²) in [7, 11) is 3.04. The molecule has 14 unspecified atom stereocenters. The number of aliphatic hydroxyl groups excluding tert-OH is 3. The standard InChI is InChI=1S/C51H71NO15/c1-9-10-14-25-41-50(5,6)48(66-43(56)28-35-22-15-13-16-23-35)47(58)51(60,67-41)36(31-63-44-30-40(61-7)45(57)34(4)64-44)49(59)52-27-20-19-21-32(2)46(62-8)33(3)39-29-37(53)38(65-39)24-17-11-12-18-26-42(54)55/h9-26,33-34,36-41,44-48,53,57-58,60H,27-31H2,1-8H3,(H,52,59)(H,54,55). The van der Waals surface area contributed by atoms with Crippen LogP contribution in [-0.2, 0) is 54.0 Å². The highest BCUT2D eigenvalue weighted by Crippen LogP contribution is 2.46. The Kier molecular flexibility index (Phi) is 21.5. The Bertz CT molecular complexity index is 1960. The number of rotatable bonds is 22. The predicted molar refractivity (Wildman–Crippen MR) is 249 cm³/mol. The minimum absolute atomic E-state index is 0.0223. The summed E-state index contributed by atoms with van der Waals surface area (Å²) in [6.07, 6.45) is 12.0. The second-order valence-electron chi connectivity index (χ2n) is 17.7. The van der Waals surface area contributed by atoms with Gasteiger partial charge in [0.25, 0.3) is 0 Å². The van der Waals surface area contributed by atoms with Gasteiger partial charge in [0, 0.05) is 51.0 Å². The molecule has 0 aromatic heterocycles. The Labute approximate surface area is 394 Å².